The third kappa shape index (κ3) is 4.05. The summed E-state index contributed by atoms with van der Waals surface area (Å²) in [6.07, 6.45) is 3.14. The van der Waals surface area contributed by atoms with Crippen LogP contribution < -0.4 is 11.1 Å². The van der Waals surface area contributed by atoms with Crippen LogP contribution in [0.15, 0.2) is 30.6 Å². The monoisotopic (exact) mass is 323 g/mol. The average molecular weight is 324 g/mol. The Morgan fingerprint density at radius 1 is 1.45 bits per heavy atom. The summed E-state index contributed by atoms with van der Waals surface area (Å²) in [6.45, 7) is 3.76. The Morgan fingerprint density at radius 3 is 2.77 bits per heavy atom. The first kappa shape index (κ1) is 18.1. The number of hydrogen-bond donors (Lipinski definition) is 2. The summed E-state index contributed by atoms with van der Waals surface area (Å²) in [6, 6.07) is 7.49. The second-order valence-corrected chi connectivity index (χ2v) is 5.47. The van der Waals surface area contributed by atoms with Crippen LogP contribution in [-0.2, 0) is 11.8 Å². The standard InChI is InChI=1S/C15H21N5O.ClH/c1-4-8-15(2,16)14(21)18-12-7-5-6-11(9-12)13-19-17-10-20(13)3;/h5-7,9-10H,4,8,16H2,1-3H3,(H,18,21);1H. The smallest absolute Gasteiger partial charge is 0.244 e. The molecule has 1 amide bonds. The number of hydrogen-bond acceptors (Lipinski definition) is 4. The largest absolute Gasteiger partial charge is 0.324 e. The van der Waals surface area contributed by atoms with Crippen LogP contribution in [0.1, 0.15) is 26.7 Å². The van der Waals surface area contributed by atoms with Crippen molar-refractivity contribution < 1.29 is 4.79 Å². The highest BCUT2D eigenvalue weighted by Gasteiger charge is 2.27. The van der Waals surface area contributed by atoms with Crippen molar-refractivity contribution in [2.24, 2.45) is 12.8 Å². The van der Waals surface area contributed by atoms with E-state index in [0.29, 0.717) is 12.1 Å². The molecule has 0 fully saturated rings. The molecule has 120 valence electrons. The molecule has 1 unspecified atom stereocenters. The number of nitrogens with one attached hydrogen (secondary N) is 1. The molecule has 7 heteroatoms. The van der Waals surface area contributed by atoms with E-state index in [1.165, 1.54) is 0 Å². The lowest BCUT2D eigenvalue weighted by molar-refractivity contribution is -0.120. The lowest BCUT2D eigenvalue weighted by Gasteiger charge is -2.22. The molecular weight excluding hydrogens is 302 g/mol. The topological polar surface area (TPSA) is 85.8 Å². The van der Waals surface area contributed by atoms with Gasteiger partial charge in [0.2, 0.25) is 5.91 Å². The maximum Gasteiger partial charge on any atom is 0.244 e. The van der Waals surface area contributed by atoms with Gasteiger partial charge in [-0.3, -0.25) is 4.79 Å². The van der Waals surface area contributed by atoms with Crippen LogP contribution in [0.4, 0.5) is 5.69 Å². The van der Waals surface area contributed by atoms with E-state index in [0.717, 1.165) is 17.8 Å². The van der Waals surface area contributed by atoms with Gasteiger partial charge in [0.1, 0.15) is 6.33 Å². The fourth-order valence-corrected chi connectivity index (χ4v) is 2.19. The third-order valence-electron chi connectivity index (χ3n) is 3.38. The van der Waals surface area contributed by atoms with Gasteiger partial charge in [-0.05, 0) is 25.5 Å². The van der Waals surface area contributed by atoms with E-state index in [4.69, 9.17) is 5.73 Å². The first-order valence-corrected chi connectivity index (χ1v) is 6.99. The Hall–Kier alpha value is -1.92. The number of carbonyl (C=O) groups is 1. The summed E-state index contributed by atoms with van der Waals surface area (Å²) in [5.74, 6) is 0.564. The SMILES string of the molecule is CCCC(C)(N)C(=O)Nc1cccc(-c2nncn2C)c1.Cl. The number of rotatable bonds is 5. The van der Waals surface area contributed by atoms with Gasteiger partial charge in [0.25, 0.3) is 0 Å². The van der Waals surface area contributed by atoms with Gasteiger partial charge in [0.05, 0.1) is 5.54 Å². The molecule has 3 N–H and O–H groups in total. The minimum atomic E-state index is -0.866. The number of amides is 1. The van der Waals surface area contributed by atoms with Crippen LogP contribution in [0, 0.1) is 0 Å². The maximum absolute atomic E-state index is 12.2. The molecule has 0 aliphatic heterocycles. The molecule has 0 bridgehead atoms. The van der Waals surface area contributed by atoms with Gasteiger partial charge >= 0.3 is 0 Å². The lowest BCUT2D eigenvalue weighted by atomic mass is 9.96. The second kappa shape index (κ2) is 7.38. The molecule has 0 saturated carbocycles. The lowest BCUT2D eigenvalue weighted by Crippen LogP contribution is -2.48. The van der Waals surface area contributed by atoms with Gasteiger partial charge in [-0.25, -0.2) is 0 Å². The first-order valence-electron chi connectivity index (χ1n) is 6.99. The molecule has 1 aromatic carbocycles. The molecule has 0 saturated heterocycles. The number of benzene rings is 1. The summed E-state index contributed by atoms with van der Waals surface area (Å²) >= 11 is 0. The van der Waals surface area contributed by atoms with Gasteiger partial charge in [-0.2, -0.15) is 0 Å². The maximum atomic E-state index is 12.2. The molecule has 0 aliphatic rings. The van der Waals surface area contributed by atoms with E-state index in [1.807, 2.05) is 42.8 Å². The number of aromatic nitrogens is 3. The van der Waals surface area contributed by atoms with Crippen molar-refractivity contribution in [1.29, 1.82) is 0 Å². The highest BCUT2D eigenvalue weighted by atomic mass is 35.5. The molecule has 22 heavy (non-hydrogen) atoms. The van der Waals surface area contributed by atoms with E-state index in [-0.39, 0.29) is 18.3 Å². The fourth-order valence-electron chi connectivity index (χ4n) is 2.19. The molecule has 2 rings (SSSR count). The zero-order valence-corrected chi connectivity index (χ0v) is 13.9. The number of nitrogens with zero attached hydrogens (tertiary/aromatic N) is 3. The first-order chi connectivity index (χ1) is 9.94. The molecular formula is C15H22ClN5O. The zero-order valence-electron chi connectivity index (χ0n) is 13.0. The number of carbonyl (C=O) groups excluding carboxylic acids is 1. The van der Waals surface area contributed by atoms with Crippen LogP contribution in [0.3, 0.4) is 0 Å². The molecule has 0 radical (unpaired) electrons. The van der Waals surface area contributed by atoms with E-state index < -0.39 is 5.54 Å². The Morgan fingerprint density at radius 2 is 2.18 bits per heavy atom. The van der Waals surface area contributed by atoms with Crippen LogP contribution in [-0.4, -0.2) is 26.2 Å². The summed E-state index contributed by atoms with van der Waals surface area (Å²) in [5, 5.41) is 10.8. The van der Waals surface area contributed by atoms with E-state index >= 15 is 0 Å². The fraction of sp³-hybridized carbons (Fsp3) is 0.400. The summed E-state index contributed by atoms with van der Waals surface area (Å²) in [4.78, 5) is 12.2. The van der Waals surface area contributed by atoms with Crippen molar-refractivity contribution in [3.05, 3.63) is 30.6 Å². The molecule has 1 aromatic heterocycles. The minimum absolute atomic E-state index is 0. The Bertz CT molecular complexity index is 638. The molecule has 1 heterocycles. The van der Waals surface area contributed by atoms with Crippen LogP contribution >= 0.6 is 12.4 Å². The Kier molecular flexibility index (Phi) is 6.08. The van der Waals surface area contributed by atoms with Crippen molar-refractivity contribution in [1.82, 2.24) is 14.8 Å². The van der Waals surface area contributed by atoms with Crippen molar-refractivity contribution in [2.45, 2.75) is 32.2 Å². The average Bonchev–Trinajstić information content (AvgIpc) is 2.85. The van der Waals surface area contributed by atoms with Crippen LogP contribution in [0.5, 0.6) is 0 Å². The second-order valence-electron chi connectivity index (χ2n) is 5.47. The van der Waals surface area contributed by atoms with E-state index in [1.54, 1.807) is 13.3 Å². The zero-order chi connectivity index (χ0) is 15.5. The van der Waals surface area contributed by atoms with Gasteiger partial charge in [0.15, 0.2) is 5.82 Å². The molecule has 0 spiro atoms. The minimum Gasteiger partial charge on any atom is -0.324 e. The summed E-state index contributed by atoms with van der Waals surface area (Å²) in [7, 11) is 1.87. The van der Waals surface area contributed by atoms with Gasteiger partial charge in [-0.1, -0.05) is 25.5 Å². The van der Waals surface area contributed by atoms with Gasteiger partial charge < -0.3 is 15.6 Å². The quantitative estimate of drug-likeness (QED) is 0.884. The van der Waals surface area contributed by atoms with Crippen LogP contribution in [0.25, 0.3) is 11.4 Å². The van der Waals surface area contributed by atoms with Crippen molar-refractivity contribution in [3.63, 3.8) is 0 Å². The van der Waals surface area contributed by atoms with E-state index in [9.17, 15) is 4.79 Å². The highest BCUT2D eigenvalue weighted by Crippen LogP contribution is 2.21. The molecule has 1 atom stereocenters. The number of aryl methyl sites for hydroxylation is 1. The number of anilines is 1. The predicted octanol–water partition coefficient (Wildman–Crippen LogP) is 2.36. The third-order valence-corrected chi connectivity index (χ3v) is 3.38. The molecule has 2 aromatic rings. The summed E-state index contributed by atoms with van der Waals surface area (Å²) < 4.78 is 1.82. The number of nitrogens with two attached hydrogens (primary N) is 1. The van der Waals surface area contributed by atoms with Crippen molar-refractivity contribution in [2.75, 3.05) is 5.32 Å². The normalized spacial score (nSPS) is 13.1. The highest BCUT2D eigenvalue weighted by molar-refractivity contribution is 5.98. The van der Waals surface area contributed by atoms with Crippen molar-refractivity contribution in [3.8, 4) is 11.4 Å². The molecule has 0 aliphatic carbocycles. The van der Waals surface area contributed by atoms with Gasteiger partial charge in [-0.15, -0.1) is 22.6 Å². The summed E-state index contributed by atoms with van der Waals surface area (Å²) in [5.41, 5.74) is 6.76. The van der Waals surface area contributed by atoms with Crippen LogP contribution in [0.2, 0.25) is 0 Å². The number of halogens is 1. The Balaban J connectivity index is 0.00000242. The van der Waals surface area contributed by atoms with E-state index in [2.05, 4.69) is 15.5 Å². The Labute approximate surface area is 136 Å². The predicted molar refractivity (Wildman–Crippen MR) is 89.8 cm³/mol. The van der Waals surface area contributed by atoms with Gasteiger partial charge in [0, 0.05) is 18.3 Å². The molecule has 6 nitrogen and oxygen atoms in total. The van der Waals surface area contributed by atoms with Crippen molar-refractivity contribution >= 4 is 24.0 Å².